The zero-order valence-electron chi connectivity index (χ0n) is 8.86. The first-order valence-electron chi connectivity index (χ1n) is 4.86. The summed E-state index contributed by atoms with van der Waals surface area (Å²) in [5.41, 5.74) is 2.23. The minimum absolute atomic E-state index is 0.837. The average molecular weight is 219 g/mol. The van der Waals surface area contributed by atoms with Crippen molar-refractivity contribution in [3.05, 3.63) is 47.3 Å². The van der Waals surface area contributed by atoms with Crippen molar-refractivity contribution in [2.75, 3.05) is 0 Å². The van der Waals surface area contributed by atoms with Gasteiger partial charge in [-0.15, -0.1) is 11.8 Å². The van der Waals surface area contributed by atoms with Crippen molar-refractivity contribution in [1.82, 2.24) is 5.16 Å². The van der Waals surface area contributed by atoms with Crippen LogP contribution in [-0.2, 0) is 5.75 Å². The summed E-state index contributed by atoms with van der Waals surface area (Å²) in [5.74, 6) is 1.77. The van der Waals surface area contributed by atoms with E-state index in [1.54, 1.807) is 11.8 Å². The van der Waals surface area contributed by atoms with E-state index >= 15 is 0 Å². The predicted molar refractivity (Wildman–Crippen MR) is 62.0 cm³/mol. The summed E-state index contributed by atoms with van der Waals surface area (Å²) in [4.78, 5) is 1.26. The summed E-state index contributed by atoms with van der Waals surface area (Å²) in [6.07, 6.45) is 0. The molecule has 0 saturated heterocycles. The van der Waals surface area contributed by atoms with E-state index in [4.69, 9.17) is 4.52 Å². The van der Waals surface area contributed by atoms with Gasteiger partial charge in [0.15, 0.2) is 0 Å². The lowest BCUT2D eigenvalue weighted by Crippen LogP contribution is -1.77. The summed E-state index contributed by atoms with van der Waals surface area (Å²) in [5, 5.41) is 3.85. The number of hydrogen-bond donors (Lipinski definition) is 0. The Labute approximate surface area is 93.7 Å². The van der Waals surface area contributed by atoms with E-state index in [2.05, 4.69) is 36.3 Å². The predicted octanol–water partition coefficient (Wildman–Crippen LogP) is 3.58. The smallest absolute Gasteiger partial charge is 0.147 e. The van der Waals surface area contributed by atoms with Gasteiger partial charge in [-0.25, -0.2) is 0 Å². The molecule has 0 aliphatic carbocycles. The maximum absolute atomic E-state index is 5.14. The minimum Gasteiger partial charge on any atom is -0.360 e. The van der Waals surface area contributed by atoms with Crippen LogP contribution >= 0.6 is 11.8 Å². The number of rotatable bonds is 3. The molecule has 2 nitrogen and oxygen atoms in total. The summed E-state index contributed by atoms with van der Waals surface area (Å²) in [6.45, 7) is 4.03. The van der Waals surface area contributed by atoms with Crippen molar-refractivity contribution in [1.29, 1.82) is 0 Å². The van der Waals surface area contributed by atoms with Crippen LogP contribution in [0.3, 0.4) is 0 Å². The first-order valence-corrected chi connectivity index (χ1v) is 5.84. The lowest BCUT2D eigenvalue weighted by atomic mass is 10.2. The van der Waals surface area contributed by atoms with Crippen molar-refractivity contribution in [3.63, 3.8) is 0 Å². The molecular weight excluding hydrogens is 206 g/mol. The summed E-state index contributed by atoms with van der Waals surface area (Å²) in [6, 6.07) is 10.5. The van der Waals surface area contributed by atoms with Gasteiger partial charge in [0.1, 0.15) is 5.76 Å². The third-order valence-electron chi connectivity index (χ3n) is 2.08. The van der Waals surface area contributed by atoms with Crippen molar-refractivity contribution in [2.24, 2.45) is 0 Å². The molecule has 0 radical (unpaired) electrons. The van der Waals surface area contributed by atoms with Gasteiger partial charge in [0, 0.05) is 11.0 Å². The number of hydrogen-bond acceptors (Lipinski definition) is 3. The Morgan fingerprint density at radius 2 is 1.93 bits per heavy atom. The highest BCUT2D eigenvalue weighted by atomic mass is 32.2. The van der Waals surface area contributed by atoms with Crippen molar-refractivity contribution in [2.45, 2.75) is 24.5 Å². The molecule has 0 unspecified atom stereocenters. The largest absolute Gasteiger partial charge is 0.360 e. The number of nitrogens with zero attached hydrogens (tertiary/aromatic N) is 1. The molecule has 0 spiro atoms. The van der Waals surface area contributed by atoms with Crippen LogP contribution in [0.1, 0.15) is 17.0 Å². The van der Waals surface area contributed by atoms with Crippen LogP contribution in [-0.4, -0.2) is 5.16 Å². The first-order chi connectivity index (χ1) is 7.24. The molecule has 0 N–H and O–H groups in total. The van der Waals surface area contributed by atoms with Gasteiger partial charge in [-0.3, -0.25) is 0 Å². The first kappa shape index (κ1) is 10.3. The molecule has 15 heavy (non-hydrogen) atoms. The molecule has 0 bridgehead atoms. The van der Waals surface area contributed by atoms with E-state index in [-0.39, 0.29) is 0 Å². The van der Waals surface area contributed by atoms with Gasteiger partial charge in [0.25, 0.3) is 0 Å². The highest BCUT2D eigenvalue weighted by molar-refractivity contribution is 7.98. The number of thioether (sulfide) groups is 1. The van der Waals surface area contributed by atoms with E-state index in [1.807, 2.05) is 13.0 Å². The molecule has 78 valence electrons. The lowest BCUT2D eigenvalue weighted by Gasteiger charge is -1.98. The third-order valence-corrected chi connectivity index (χ3v) is 3.11. The van der Waals surface area contributed by atoms with E-state index in [1.165, 1.54) is 10.5 Å². The highest BCUT2D eigenvalue weighted by Crippen LogP contribution is 2.23. The van der Waals surface area contributed by atoms with E-state index in [0.29, 0.717) is 0 Å². The average Bonchev–Trinajstić information content (AvgIpc) is 2.64. The quantitative estimate of drug-likeness (QED) is 0.738. The molecule has 3 heteroatoms. The van der Waals surface area contributed by atoms with Crippen molar-refractivity contribution in [3.8, 4) is 0 Å². The Balaban J connectivity index is 1.96. The Morgan fingerprint density at radius 1 is 1.20 bits per heavy atom. The standard InChI is InChI=1S/C12H13NOS/c1-9-3-5-12(6-4-9)15-8-11-7-10(2)13-14-11/h3-7H,8H2,1-2H3. The number of benzene rings is 1. The minimum atomic E-state index is 0.837. The van der Waals surface area contributed by atoms with Gasteiger partial charge < -0.3 is 4.52 Å². The van der Waals surface area contributed by atoms with Gasteiger partial charge in [0.05, 0.1) is 11.4 Å². The highest BCUT2D eigenvalue weighted by Gasteiger charge is 2.01. The monoisotopic (exact) mass is 219 g/mol. The number of aryl methyl sites for hydroxylation is 2. The SMILES string of the molecule is Cc1ccc(SCc2cc(C)no2)cc1. The zero-order chi connectivity index (χ0) is 10.7. The van der Waals surface area contributed by atoms with Crippen LogP contribution in [0.5, 0.6) is 0 Å². The molecule has 0 atom stereocenters. The molecule has 1 aromatic carbocycles. The molecule has 0 amide bonds. The Hall–Kier alpha value is -1.22. The maximum atomic E-state index is 5.14. The van der Waals surface area contributed by atoms with Gasteiger partial charge in [-0.2, -0.15) is 0 Å². The number of aromatic nitrogens is 1. The molecule has 2 rings (SSSR count). The zero-order valence-corrected chi connectivity index (χ0v) is 9.67. The van der Waals surface area contributed by atoms with E-state index < -0.39 is 0 Å². The van der Waals surface area contributed by atoms with Crippen LogP contribution in [0.2, 0.25) is 0 Å². The Morgan fingerprint density at radius 3 is 2.53 bits per heavy atom. The second kappa shape index (κ2) is 4.53. The van der Waals surface area contributed by atoms with Crippen LogP contribution in [0.25, 0.3) is 0 Å². The Kier molecular flexibility index (Phi) is 3.11. The van der Waals surface area contributed by atoms with Gasteiger partial charge in [0.2, 0.25) is 0 Å². The van der Waals surface area contributed by atoms with Crippen molar-refractivity contribution >= 4 is 11.8 Å². The van der Waals surface area contributed by atoms with Crippen molar-refractivity contribution < 1.29 is 4.52 Å². The van der Waals surface area contributed by atoms with Gasteiger partial charge in [-0.1, -0.05) is 22.9 Å². The second-order valence-corrected chi connectivity index (χ2v) is 4.59. The van der Waals surface area contributed by atoms with Crippen LogP contribution in [0, 0.1) is 13.8 Å². The molecule has 1 aromatic heterocycles. The summed E-state index contributed by atoms with van der Waals surface area (Å²) < 4.78 is 5.14. The van der Waals surface area contributed by atoms with E-state index in [9.17, 15) is 0 Å². The molecule has 1 heterocycles. The lowest BCUT2D eigenvalue weighted by molar-refractivity contribution is 0.391. The Bertz CT molecular complexity index is 433. The summed E-state index contributed by atoms with van der Waals surface area (Å²) in [7, 11) is 0. The molecular formula is C12H13NOS. The fourth-order valence-electron chi connectivity index (χ4n) is 1.27. The fourth-order valence-corrected chi connectivity index (χ4v) is 2.05. The fraction of sp³-hybridized carbons (Fsp3) is 0.250. The molecule has 0 aliphatic heterocycles. The van der Waals surface area contributed by atoms with Crippen LogP contribution in [0.4, 0.5) is 0 Å². The van der Waals surface area contributed by atoms with Crippen LogP contribution < -0.4 is 0 Å². The van der Waals surface area contributed by atoms with Crippen LogP contribution in [0.15, 0.2) is 39.8 Å². The topological polar surface area (TPSA) is 26.0 Å². The maximum Gasteiger partial charge on any atom is 0.147 e. The molecule has 2 aromatic rings. The molecule has 0 saturated carbocycles. The third kappa shape index (κ3) is 2.86. The van der Waals surface area contributed by atoms with E-state index in [0.717, 1.165) is 17.2 Å². The molecule has 0 fully saturated rings. The van der Waals surface area contributed by atoms with Gasteiger partial charge in [-0.05, 0) is 26.0 Å². The van der Waals surface area contributed by atoms with Gasteiger partial charge >= 0.3 is 0 Å². The second-order valence-electron chi connectivity index (χ2n) is 3.54. The summed E-state index contributed by atoms with van der Waals surface area (Å²) >= 11 is 1.76. The normalized spacial score (nSPS) is 10.5. The molecule has 0 aliphatic rings.